The SMILES string of the molecule is CCN1CCC(CNCC2CCCC2)C1. The van der Waals surface area contributed by atoms with Crippen LogP contribution in [0.25, 0.3) is 0 Å². The lowest BCUT2D eigenvalue weighted by atomic mass is 10.1. The van der Waals surface area contributed by atoms with E-state index in [2.05, 4.69) is 17.1 Å². The summed E-state index contributed by atoms with van der Waals surface area (Å²) in [5, 5.41) is 3.69. The van der Waals surface area contributed by atoms with E-state index in [1.807, 2.05) is 0 Å². The zero-order valence-corrected chi connectivity index (χ0v) is 10.2. The van der Waals surface area contributed by atoms with Crippen molar-refractivity contribution in [1.82, 2.24) is 10.2 Å². The van der Waals surface area contributed by atoms with Crippen molar-refractivity contribution >= 4 is 0 Å². The quantitative estimate of drug-likeness (QED) is 0.747. The largest absolute Gasteiger partial charge is 0.316 e. The van der Waals surface area contributed by atoms with Crippen molar-refractivity contribution < 1.29 is 0 Å². The molecule has 1 unspecified atom stereocenters. The average molecular weight is 210 g/mol. The van der Waals surface area contributed by atoms with Crippen molar-refractivity contribution in [3.8, 4) is 0 Å². The van der Waals surface area contributed by atoms with E-state index in [1.165, 1.54) is 64.8 Å². The minimum Gasteiger partial charge on any atom is -0.316 e. The summed E-state index contributed by atoms with van der Waals surface area (Å²) in [5.74, 6) is 1.92. The van der Waals surface area contributed by atoms with Gasteiger partial charge in [-0.3, -0.25) is 0 Å². The molecule has 2 aliphatic rings. The summed E-state index contributed by atoms with van der Waals surface area (Å²) in [6, 6.07) is 0. The van der Waals surface area contributed by atoms with Crippen LogP contribution in [0.15, 0.2) is 0 Å². The number of hydrogen-bond donors (Lipinski definition) is 1. The predicted octanol–water partition coefficient (Wildman–Crippen LogP) is 2.11. The number of nitrogens with zero attached hydrogens (tertiary/aromatic N) is 1. The van der Waals surface area contributed by atoms with Crippen LogP contribution < -0.4 is 5.32 Å². The van der Waals surface area contributed by atoms with E-state index in [-0.39, 0.29) is 0 Å². The smallest absolute Gasteiger partial charge is 0.00222 e. The van der Waals surface area contributed by atoms with E-state index in [0.717, 1.165) is 11.8 Å². The third kappa shape index (κ3) is 3.46. The molecule has 1 heterocycles. The van der Waals surface area contributed by atoms with Crippen LogP contribution >= 0.6 is 0 Å². The van der Waals surface area contributed by atoms with E-state index in [9.17, 15) is 0 Å². The normalized spacial score (nSPS) is 29.0. The summed E-state index contributed by atoms with van der Waals surface area (Å²) in [5.41, 5.74) is 0. The number of rotatable bonds is 5. The molecule has 0 radical (unpaired) electrons. The summed E-state index contributed by atoms with van der Waals surface area (Å²) in [4.78, 5) is 2.57. The maximum absolute atomic E-state index is 3.69. The molecule has 2 rings (SSSR count). The Balaban J connectivity index is 1.54. The third-order valence-electron chi connectivity index (χ3n) is 4.16. The van der Waals surface area contributed by atoms with Gasteiger partial charge >= 0.3 is 0 Å². The van der Waals surface area contributed by atoms with E-state index in [0.29, 0.717) is 0 Å². The van der Waals surface area contributed by atoms with Crippen LogP contribution in [0.5, 0.6) is 0 Å². The second-order valence-electron chi connectivity index (χ2n) is 5.36. The fourth-order valence-corrected chi connectivity index (χ4v) is 3.07. The van der Waals surface area contributed by atoms with Gasteiger partial charge in [0.2, 0.25) is 0 Å². The second-order valence-corrected chi connectivity index (χ2v) is 5.36. The summed E-state index contributed by atoms with van der Waals surface area (Å²) >= 11 is 0. The van der Waals surface area contributed by atoms with Gasteiger partial charge in [-0.2, -0.15) is 0 Å². The van der Waals surface area contributed by atoms with Gasteiger partial charge in [0, 0.05) is 6.54 Å². The topological polar surface area (TPSA) is 15.3 Å². The van der Waals surface area contributed by atoms with Crippen molar-refractivity contribution in [2.24, 2.45) is 11.8 Å². The minimum atomic E-state index is 0.923. The summed E-state index contributed by atoms with van der Waals surface area (Å²) in [6.07, 6.45) is 7.29. The molecule has 0 amide bonds. The molecule has 88 valence electrons. The maximum atomic E-state index is 3.69. The zero-order chi connectivity index (χ0) is 10.5. The Morgan fingerprint density at radius 1 is 1.07 bits per heavy atom. The molecule has 0 aromatic heterocycles. The number of hydrogen-bond acceptors (Lipinski definition) is 2. The van der Waals surface area contributed by atoms with Gasteiger partial charge in [-0.05, 0) is 57.3 Å². The molecule has 2 fully saturated rings. The Labute approximate surface area is 94.4 Å². The lowest BCUT2D eigenvalue weighted by molar-refractivity contribution is 0.336. The molecule has 0 spiro atoms. The Bertz CT molecular complexity index is 175. The standard InChI is InChI=1S/C13H26N2/c1-2-15-8-7-13(11-15)10-14-9-12-5-3-4-6-12/h12-14H,2-11H2,1H3. The molecule has 15 heavy (non-hydrogen) atoms. The summed E-state index contributed by atoms with van der Waals surface area (Å²) in [6.45, 7) is 8.70. The number of nitrogens with one attached hydrogen (secondary N) is 1. The van der Waals surface area contributed by atoms with Gasteiger partial charge in [0.1, 0.15) is 0 Å². The van der Waals surface area contributed by atoms with Crippen molar-refractivity contribution in [2.75, 3.05) is 32.7 Å². The number of likely N-dealkylation sites (tertiary alicyclic amines) is 1. The average Bonchev–Trinajstić information content (AvgIpc) is 2.88. The molecular weight excluding hydrogens is 184 g/mol. The first kappa shape index (κ1) is 11.4. The molecule has 0 bridgehead atoms. The van der Waals surface area contributed by atoms with Crippen LogP contribution in [0, 0.1) is 11.8 Å². The first-order valence-electron chi connectivity index (χ1n) is 6.81. The van der Waals surface area contributed by atoms with Gasteiger partial charge in [-0.1, -0.05) is 19.8 Å². The molecule has 1 aliphatic heterocycles. The fraction of sp³-hybridized carbons (Fsp3) is 1.00. The van der Waals surface area contributed by atoms with E-state index in [1.54, 1.807) is 0 Å². The molecular formula is C13H26N2. The molecule has 1 aliphatic carbocycles. The molecule has 0 aromatic carbocycles. The van der Waals surface area contributed by atoms with Gasteiger partial charge in [-0.25, -0.2) is 0 Å². The van der Waals surface area contributed by atoms with Crippen molar-refractivity contribution in [3.63, 3.8) is 0 Å². The molecule has 1 saturated heterocycles. The van der Waals surface area contributed by atoms with Gasteiger partial charge in [0.05, 0.1) is 0 Å². The first-order valence-corrected chi connectivity index (χ1v) is 6.81. The Hall–Kier alpha value is -0.0800. The summed E-state index contributed by atoms with van der Waals surface area (Å²) in [7, 11) is 0. The highest BCUT2D eigenvalue weighted by Gasteiger charge is 2.21. The fourth-order valence-electron chi connectivity index (χ4n) is 3.07. The highest BCUT2D eigenvalue weighted by molar-refractivity contribution is 4.77. The Morgan fingerprint density at radius 2 is 1.80 bits per heavy atom. The van der Waals surface area contributed by atoms with E-state index >= 15 is 0 Å². The van der Waals surface area contributed by atoms with Gasteiger partial charge in [0.25, 0.3) is 0 Å². The predicted molar refractivity (Wildman–Crippen MR) is 65.0 cm³/mol. The van der Waals surface area contributed by atoms with Crippen molar-refractivity contribution in [2.45, 2.75) is 39.0 Å². The van der Waals surface area contributed by atoms with E-state index < -0.39 is 0 Å². The van der Waals surface area contributed by atoms with Crippen LogP contribution in [-0.4, -0.2) is 37.6 Å². The first-order chi connectivity index (χ1) is 7.38. The second kappa shape index (κ2) is 5.86. The van der Waals surface area contributed by atoms with Crippen LogP contribution in [0.1, 0.15) is 39.0 Å². The molecule has 2 nitrogen and oxygen atoms in total. The summed E-state index contributed by atoms with van der Waals surface area (Å²) < 4.78 is 0. The molecule has 1 saturated carbocycles. The van der Waals surface area contributed by atoms with Crippen molar-refractivity contribution in [3.05, 3.63) is 0 Å². The van der Waals surface area contributed by atoms with Gasteiger partial charge in [0.15, 0.2) is 0 Å². The van der Waals surface area contributed by atoms with Crippen molar-refractivity contribution in [1.29, 1.82) is 0 Å². The molecule has 1 N–H and O–H groups in total. The minimum absolute atomic E-state index is 0.923. The Morgan fingerprint density at radius 3 is 2.47 bits per heavy atom. The van der Waals surface area contributed by atoms with Crippen LogP contribution in [0.3, 0.4) is 0 Å². The lowest BCUT2D eigenvalue weighted by Gasteiger charge is -2.15. The molecule has 0 aromatic rings. The molecule has 1 atom stereocenters. The van der Waals surface area contributed by atoms with Gasteiger partial charge in [-0.15, -0.1) is 0 Å². The van der Waals surface area contributed by atoms with Crippen LogP contribution in [0.2, 0.25) is 0 Å². The van der Waals surface area contributed by atoms with Crippen LogP contribution in [-0.2, 0) is 0 Å². The highest BCUT2D eigenvalue weighted by Crippen LogP contribution is 2.24. The van der Waals surface area contributed by atoms with Gasteiger partial charge < -0.3 is 10.2 Å². The zero-order valence-electron chi connectivity index (χ0n) is 10.2. The van der Waals surface area contributed by atoms with Crippen LogP contribution in [0.4, 0.5) is 0 Å². The third-order valence-corrected chi connectivity index (χ3v) is 4.16. The molecule has 2 heteroatoms. The lowest BCUT2D eigenvalue weighted by Crippen LogP contribution is -2.29. The maximum Gasteiger partial charge on any atom is 0.00222 e. The highest BCUT2D eigenvalue weighted by atomic mass is 15.1. The Kier molecular flexibility index (Phi) is 4.45. The monoisotopic (exact) mass is 210 g/mol. The van der Waals surface area contributed by atoms with E-state index in [4.69, 9.17) is 0 Å².